The molecule has 0 unspecified atom stereocenters. The van der Waals surface area contributed by atoms with Crippen LogP contribution in [0.5, 0.6) is 0 Å². The number of nitrogens with one attached hydrogen (secondary N) is 2. The molecule has 0 aliphatic heterocycles. The first-order valence-electron chi connectivity index (χ1n) is 6.09. The summed E-state index contributed by atoms with van der Waals surface area (Å²) in [6, 6.07) is 4.89. The molecule has 1 aromatic rings. The number of anilines is 2. The molecular formula is C13H19N3O3. The molecular weight excluding hydrogens is 246 g/mol. The van der Waals surface area contributed by atoms with Gasteiger partial charge in [-0.15, -0.1) is 0 Å². The van der Waals surface area contributed by atoms with Gasteiger partial charge in [-0.05, 0) is 25.1 Å². The molecule has 1 amide bonds. The highest BCUT2D eigenvalue weighted by molar-refractivity contribution is 5.92. The standard InChI is InChI=1S/C13H19N3O3/c1-3-19-13(18)9-4-5-11(10(14)8-9)16-7-6-12(17)15-2/h4-5,8,16H,3,6-7,14H2,1-2H3,(H,15,17). The molecule has 0 aliphatic rings. The van der Waals surface area contributed by atoms with Gasteiger partial charge in [0.2, 0.25) is 5.91 Å². The van der Waals surface area contributed by atoms with E-state index in [2.05, 4.69) is 10.6 Å². The highest BCUT2D eigenvalue weighted by atomic mass is 16.5. The maximum absolute atomic E-state index is 11.5. The number of amides is 1. The second kappa shape index (κ2) is 7.25. The van der Waals surface area contributed by atoms with Gasteiger partial charge in [0.1, 0.15) is 0 Å². The number of nitrogen functional groups attached to an aromatic ring is 1. The summed E-state index contributed by atoms with van der Waals surface area (Å²) in [6.45, 7) is 2.55. The summed E-state index contributed by atoms with van der Waals surface area (Å²) < 4.78 is 4.88. The molecule has 0 aliphatic carbocycles. The van der Waals surface area contributed by atoms with Gasteiger partial charge in [0, 0.05) is 20.0 Å². The van der Waals surface area contributed by atoms with Gasteiger partial charge in [0.05, 0.1) is 23.5 Å². The Kier molecular flexibility index (Phi) is 5.66. The van der Waals surface area contributed by atoms with Crippen molar-refractivity contribution in [3.8, 4) is 0 Å². The van der Waals surface area contributed by atoms with E-state index in [-0.39, 0.29) is 5.91 Å². The average Bonchev–Trinajstić information content (AvgIpc) is 2.40. The number of nitrogens with two attached hydrogens (primary N) is 1. The van der Waals surface area contributed by atoms with Crippen LogP contribution in [0.3, 0.4) is 0 Å². The third-order valence-electron chi connectivity index (χ3n) is 2.51. The first-order valence-corrected chi connectivity index (χ1v) is 6.09. The van der Waals surface area contributed by atoms with Crippen molar-refractivity contribution in [2.45, 2.75) is 13.3 Å². The lowest BCUT2D eigenvalue weighted by molar-refractivity contribution is -0.120. The molecule has 0 spiro atoms. The number of ether oxygens (including phenoxy) is 1. The lowest BCUT2D eigenvalue weighted by Crippen LogP contribution is -2.21. The van der Waals surface area contributed by atoms with Crippen molar-refractivity contribution in [3.63, 3.8) is 0 Å². The van der Waals surface area contributed by atoms with E-state index in [4.69, 9.17) is 10.5 Å². The molecule has 0 heterocycles. The Morgan fingerprint density at radius 1 is 1.37 bits per heavy atom. The predicted molar refractivity (Wildman–Crippen MR) is 74.0 cm³/mol. The Labute approximate surface area is 112 Å². The monoisotopic (exact) mass is 265 g/mol. The number of carbonyl (C=O) groups is 2. The quantitative estimate of drug-likeness (QED) is 0.527. The van der Waals surface area contributed by atoms with Gasteiger partial charge < -0.3 is 21.1 Å². The molecule has 1 rings (SSSR count). The molecule has 0 saturated heterocycles. The third kappa shape index (κ3) is 4.50. The van der Waals surface area contributed by atoms with Crippen molar-refractivity contribution in [2.75, 3.05) is 31.2 Å². The molecule has 0 aromatic heterocycles. The zero-order chi connectivity index (χ0) is 14.3. The van der Waals surface area contributed by atoms with Crippen molar-refractivity contribution in [1.82, 2.24) is 5.32 Å². The number of esters is 1. The molecule has 0 fully saturated rings. The molecule has 0 bridgehead atoms. The molecule has 104 valence electrons. The van der Waals surface area contributed by atoms with Gasteiger partial charge in [0.25, 0.3) is 0 Å². The van der Waals surface area contributed by atoms with E-state index >= 15 is 0 Å². The van der Waals surface area contributed by atoms with E-state index in [1.807, 2.05) is 0 Å². The van der Waals surface area contributed by atoms with E-state index < -0.39 is 5.97 Å². The summed E-state index contributed by atoms with van der Waals surface area (Å²) in [5.41, 5.74) is 7.39. The average molecular weight is 265 g/mol. The van der Waals surface area contributed by atoms with Gasteiger partial charge in [0.15, 0.2) is 0 Å². The third-order valence-corrected chi connectivity index (χ3v) is 2.51. The summed E-state index contributed by atoms with van der Waals surface area (Å²) in [7, 11) is 1.59. The lowest BCUT2D eigenvalue weighted by atomic mass is 10.1. The van der Waals surface area contributed by atoms with Crippen LogP contribution in [-0.2, 0) is 9.53 Å². The van der Waals surface area contributed by atoms with Crippen molar-refractivity contribution in [1.29, 1.82) is 0 Å². The Hall–Kier alpha value is -2.24. The predicted octanol–water partition coefficient (Wildman–Crippen LogP) is 0.994. The Balaban J connectivity index is 2.62. The molecule has 19 heavy (non-hydrogen) atoms. The van der Waals surface area contributed by atoms with Crippen molar-refractivity contribution < 1.29 is 14.3 Å². The van der Waals surface area contributed by atoms with Crippen LogP contribution in [0, 0.1) is 0 Å². The van der Waals surface area contributed by atoms with Gasteiger partial charge >= 0.3 is 5.97 Å². The van der Waals surface area contributed by atoms with Gasteiger partial charge in [-0.1, -0.05) is 0 Å². The van der Waals surface area contributed by atoms with Crippen LogP contribution < -0.4 is 16.4 Å². The Morgan fingerprint density at radius 2 is 2.11 bits per heavy atom. The van der Waals surface area contributed by atoms with Crippen molar-refractivity contribution in [2.24, 2.45) is 0 Å². The summed E-state index contributed by atoms with van der Waals surface area (Å²) in [6.07, 6.45) is 0.357. The maximum Gasteiger partial charge on any atom is 0.338 e. The van der Waals surface area contributed by atoms with E-state index in [0.717, 1.165) is 0 Å². The zero-order valence-electron chi connectivity index (χ0n) is 11.2. The molecule has 4 N–H and O–H groups in total. The topological polar surface area (TPSA) is 93.4 Å². The minimum Gasteiger partial charge on any atom is -0.462 e. The van der Waals surface area contributed by atoms with E-state index in [9.17, 15) is 9.59 Å². The molecule has 6 nitrogen and oxygen atoms in total. The van der Waals surface area contributed by atoms with Crippen LogP contribution in [-0.4, -0.2) is 32.1 Å². The highest BCUT2D eigenvalue weighted by Crippen LogP contribution is 2.20. The molecule has 0 atom stereocenters. The van der Waals surface area contributed by atoms with Crippen LogP contribution >= 0.6 is 0 Å². The molecule has 0 radical (unpaired) electrons. The number of hydrogen-bond acceptors (Lipinski definition) is 5. The zero-order valence-corrected chi connectivity index (χ0v) is 11.2. The van der Waals surface area contributed by atoms with Crippen LogP contribution in [0.4, 0.5) is 11.4 Å². The van der Waals surface area contributed by atoms with Crippen LogP contribution in [0.25, 0.3) is 0 Å². The maximum atomic E-state index is 11.5. The largest absolute Gasteiger partial charge is 0.462 e. The smallest absolute Gasteiger partial charge is 0.338 e. The fourth-order valence-electron chi connectivity index (χ4n) is 1.50. The summed E-state index contributed by atoms with van der Waals surface area (Å²) in [4.78, 5) is 22.6. The fraction of sp³-hybridized carbons (Fsp3) is 0.385. The summed E-state index contributed by atoms with van der Waals surface area (Å²) in [5, 5.41) is 5.57. The Bertz CT molecular complexity index is 460. The van der Waals surface area contributed by atoms with E-state index in [1.165, 1.54) is 0 Å². The number of rotatable bonds is 6. The normalized spacial score (nSPS) is 9.79. The molecule has 0 saturated carbocycles. The van der Waals surface area contributed by atoms with Crippen LogP contribution in [0.15, 0.2) is 18.2 Å². The minimum absolute atomic E-state index is 0.0470. The van der Waals surface area contributed by atoms with Gasteiger partial charge in [-0.3, -0.25) is 4.79 Å². The molecule has 6 heteroatoms. The fourth-order valence-corrected chi connectivity index (χ4v) is 1.50. The summed E-state index contributed by atoms with van der Waals surface area (Å²) >= 11 is 0. The summed E-state index contributed by atoms with van der Waals surface area (Å²) in [5.74, 6) is -0.444. The van der Waals surface area contributed by atoms with Crippen LogP contribution in [0.1, 0.15) is 23.7 Å². The SMILES string of the molecule is CCOC(=O)c1ccc(NCCC(=O)NC)c(N)c1. The molecule has 1 aromatic carbocycles. The Morgan fingerprint density at radius 3 is 2.68 bits per heavy atom. The van der Waals surface area contributed by atoms with Gasteiger partial charge in [-0.2, -0.15) is 0 Å². The first kappa shape index (κ1) is 14.8. The van der Waals surface area contributed by atoms with E-state index in [1.54, 1.807) is 32.2 Å². The lowest BCUT2D eigenvalue weighted by Gasteiger charge is -2.10. The van der Waals surface area contributed by atoms with Crippen molar-refractivity contribution >= 4 is 23.3 Å². The second-order valence-electron chi connectivity index (χ2n) is 3.87. The highest BCUT2D eigenvalue weighted by Gasteiger charge is 2.08. The van der Waals surface area contributed by atoms with Crippen molar-refractivity contribution in [3.05, 3.63) is 23.8 Å². The first-order chi connectivity index (χ1) is 9.08. The van der Waals surface area contributed by atoms with Crippen LogP contribution in [0.2, 0.25) is 0 Å². The van der Waals surface area contributed by atoms with E-state index in [0.29, 0.717) is 36.5 Å². The second-order valence-corrected chi connectivity index (χ2v) is 3.87. The number of hydrogen-bond donors (Lipinski definition) is 3. The number of carbonyl (C=O) groups excluding carboxylic acids is 2. The number of benzene rings is 1. The minimum atomic E-state index is -0.397. The van der Waals surface area contributed by atoms with Gasteiger partial charge in [-0.25, -0.2) is 4.79 Å².